The number of amides is 1. The van der Waals surface area contributed by atoms with E-state index in [0.717, 1.165) is 6.07 Å². The molecule has 1 amide bonds. The van der Waals surface area contributed by atoms with E-state index in [0.29, 0.717) is 5.56 Å². The fraction of sp³-hybridized carbons (Fsp3) is 0. The van der Waals surface area contributed by atoms with Crippen molar-refractivity contribution >= 4 is 18.1 Å². The van der Waals surface area contributed by atoms with Crippen LogP contribution in [0.5, 0.6) is 17.2 Å². The lowest BCUT2D eigenvalue weighted by Crippen LogP contribution is -2.17. The van der Waals surface area contributed by atoms with Gasteiger partial charge in [0.25, 0.3) is 5.91 Å². The number of halogens is 1. The van der Waals surface area contributed by atoms with Gasteiger partial charge >= 0.3 is 5.97 Å². The second-order valence-corrected chi connectivity index (χ2v) is 5.84. The number of rotatable bonds is 5. The van der Waals surface area contributed by atoms with Crippen LogP contribution in [0, 0.1) is 5.82 Å². The summed E-state index contributed by atoms with van der Waals surface area (Å²) in [5.74, 6) is -2.47. The summed E-state index contributed by atoms with van der Waals surface area (Å²) >= 11 is 0. The fourth-order valence-corrected chi connectivity index (χ4v) is 2.35. The van der Waals surface area contributed by atoms with Crippen molar-refractivity contribution in [3.63, 3.8) is 0 Å². The Morgan fingerprint density at radius 3 is 2.38 bits per heavy atom. The second-order valence-electron chi connectivity index (χ2n) is 5.84. The Hall–Kier alpha value is -4.20. The number of esters is 1. The third kappa shape index (κ3) is 4.95. The van der Waals surface area contributed by atoms with Gasteiger partial charge in [0.1, 0.15) is 23.1 Å². The molecule has 0 heterocycles. The summed E-state index contributed by atoms with van der Waals surface area (Å²) in [5, 5.41) is 22.6. The number of hydrogen-bond acceptors (Lipinski definition) is 6. The summed E-state index contributed by atoms with van der Waals surface area (Å²) in [5.41, 5.74) is 2.62. The van der Waals surface area contributed by atoms with Gasteiger partial charge in [-0.05, 0) is 54.1 Å². The number of hydrazone groups is 1. The normalized spacial score (nSPS) is 10.7. The van der Waals surface area contributed by atoms with Gasteiger partial charge in [-0.3, -0.25) is 4.79 Å². The van der Waals surface area contributed by atoms with Gasteiger partial charge in [0, 0.05) is 6.07 Å². The van der Waals surface area contributed by atoms with Crippen LogP contribution in [0.1, 0.15) is 26.3 Å². The molecule has 3 N–H and O–H groups in total. The molecule has 0 saturated heterocycles. The highest BCUT2D eigenvalue weighted by Gasteiger charge is 2.13. The number of nitrogens with one attached hydrogen (secondary N) is 1. The van der Waals surface area contributed by atoms with Crippen molar-refractivity contribution in [3.8, 4) is 17.2 Å². The van der Waals surface area contributed by atoms with E-state index in [9.17, 15) is 24.2 Å². The maximum atomic E-state index is 13.6. The molecule has 0 spiro atoms. The maximum Gasteiger partial charge on any atom is 0.346 e. The molecule has 0 bridgehead atoms. The zero-order valence-corrected chi connectivity index (χ0v) is 14.9. The van der Waals surface area contributed by atoms with Crippen LogP contribution in [0.15, 0.2) is 71.8 Å². The lowest BCUT2D eigenvalue weighted by atomic mass is 10.2. The van der Waals surface area contributed by atoms with E-state index in [4.69, 9.17) is 4.74 Å². The van der Waals surface area contributed by atoms with E-state index in [1.54, 1.807) is 12.1 Å². The van der Waals surface area contributed by atoms with Crippen LogP contribution in [0.2, 0.25) is 0 Å². The topological polar surface area (TPSA) is 108 Å². The Kier molecular flexibility index (Phi) is 5.84. The molecule has 0 unspecified atom stereocenters. The van der Waals surface area contributed by atoms with E-state index in [2.05, 4.69) is 10.5 Å². The van der Waals surface area contributed by atoms with Gasteiger partial charge in [-0.2, -0.15) is 5.10 Å². The molecule has 8 heteroatoms. The van der Waals surface area contributed by atoms with Crippen molar-refractivity contribution < 1.29 is 28.9 Å². The Bertz CT molecular complexity index is 1080. The lowest BCUT2D eigenvalue weighted by Gasteiger charge is -2.05. The summed E-state index contributed by atoms with van der Waals surface area (Å²) < 4.78 is 18.7. The predicted octanol–water partition coefficient (Wildman–Crippen LogP) is 3.22. The minimum absolute atomic E-state index is 0.0460. The number of nitrogens with zero attached hydrogens (tertiary/aromatic N) is 1. The summed E-state index contributed by atoms with van der Waals surface area (Å²) in [6.45, 7) is 0. The standard InChI is InChI=1S/C21H15FN2O5/c22-18-4-2-1-3-16(18)21(28)29-15-8-5-13(6-9-15)12-23-24-20(27)17-10-7-14(25)11-19(17)26/h1-12,25-26H,(H,24,27)/b23-12-. The van der Waals surface area contributed by atoms with Crippen LogP contribution in [0.4, 0.5) is 4.39 Å². The largest absolute Gasteiger partial charge is 0.508 e. The van der Waals surface area contributed by atoms with E-state index in [-0.39, 0.29) is 28.4 Å². The molecule has 3 rings (SSSR count). The lowest BCUT2D eigenvalue weighted by molar-refractivity contribution is 0.0729. The van der Waals surface area contributed by atoms with Gasteiger partial charge in [-0.25, -0.2) is 14.6 Å². The first kappa shape index (κ1) is 19.6. The van der Waals surface area contributed by atoms with Crippen molar-refractivity contribution in [1.82, 2.24) is 5.43 Å². The SMILES string of the molecule is O=C(N/N=C\c1ccc(OC(=O)c2ccccc2F)cc1)c1ccc(O)cc1O. The molecular formula is C21H15FN2O5. The first-order valence-corrected chi connectivity index (χ1v) is 8.36. The summed E-state index contributed by atoms with van der Waals surface area (Å²) in [6, 6.07) is 15.2. The summed E-state index contributed by atoms with van der Waals surface area (Å²) in [7, 11) is 0. The van der Waals surface area contributed by atoms with Crippen LogP contribution in [0.3, 0.4) is 0 Å². The highest BCUT2D eigenvalue weighted by molar-refractivity contribution is 5.97. The molecule has 0 radical (unpaired) electrons. The van der Waals surface area contributed by atoms with Crippen molar-refractivity contribution in [3.05, 3.63) is 89.2 Å². The molecule has 0 aliphatic carbocycles. The maximum absolute atomic E-state index is 13.6. The molecule has 29 heavy (non-hydrogen) atoms. The first-order chi connectivity index (χ1) is 13.9. The zero-order chi connectivity index (χ0) is 20.8. The van der Waals surface area contributed by atoms with E-state index in [1.807, 2.05) is 0 Å². The van der Waals surface area contributed by atoms with Gasteiger partial charge in [-0.15, -0.1) is 0 Å². The number of benzene rings is 3. The van der Waals surface area contributed by atoms with Crippen molar-refractivity contribution in [2.45, 2.75) is 0 Å². The summed E-state index contributed by atoms with van der Waals surface area (Å²) in [4.78, 5) is 23.9. The third-order valence-electron chi connectivity index (χ3n) is 3.79. The van der Waals surface area contributed by atoms with Gasteiger partial charge in [0.15, 0.2) is 0 Å². The summed E-state index contributed by atoms with van der Waals surface area (Å²) in [6.07, 6.45) is 1.35. The van der Waals surface area contributed by atoms with E-state index >= 15 is 0 Å². The quantitative estimate of drug-likeness (QED) is 0.267. The van der Waals surface area contributed by atoms with Crippen LogP contribution < -0.4 is 10.2 Å². The highest BCUT2D eigenvalue weighted by Crippen LogP contribution is 2.22. The minimum Gasteiger partial charge on any atom is -0.508 e. The fourth-order valence-electron chi connectivity index (χ4n) is 2.35. The Morgan fingerprint density at radius 1 is 0.966 bits per heavy atom. The van der Waals surface area contributed by atoms with Gasteiger partial charge in [0.05, 0.1) is 17.3 Å². The van der Waals surface area contributed by atoms with Crippen LogP contribution in [-0.2, 0) is 0 Å². The molecule has 3 aromatic carbocycles. The number of phenolic OH excluding ortho intramolecular Hbond substituents is 2. The molecule has 0 saturated carbocycles. The Labute approximate surface area is 164 Å². The number of ether oxygens (including phenoxy) is 1. The third-order valence-corrected chi connectivity index (χ3v) is 3.79. The van der Waals surface area contributed by atoms with Crippen molar-refractivity contribution in [2.24, 2.45) is 5.10 Å². The average molecular weight is 394 g/mol. The molecule has 0 fully saturated rings. The van der Waals surface area contributed by atoms with Crippen LogP contribution in [-0.4, -0.2) is 28.3 Å². The van der Waals surface area contributed by atoms with Gasteiger partial charge in [-0.1, -0.05) is 12.1 Å². The van der Waals surface area contributed by atoms with E-state index in [1.165, 1.54) is 54.7 Å². The van der Waals surface area contributed by atoms with Crippen LogP contribution >= 0.6 is 0 Å². The van der Waals surface area contributed by atoms with E-state index < -0.39 is 17.7 Å². The molecule has 146 valence electrons. The average Bonchev–Trinajstić information content (AvgIpc) is 2.69. The Balaban J connectivity index is 1.59. The first-order valence-electron chi connectivity index (χ1n) is 8.36. The Morgan fingerprint density at radius 2 is 1.69 bits per heavy atom. The molecule has 0 aliphatic heterocycles. The smallest absolute Gasteiger partial charge is 0.346 e. The minimum atomic E-state index is -0.814. The van der Waals surface area contributed by atoms with Gasteiger partial charge < -0.3 is 14.9 Å². The zero-order valence-electron chi connectivity index (χ0n) is 14.9. The predicted molar refractivity (Wildman–Crippen MR) is 103 cm³/mol. The highest BCUT2D eigenvalue weighted by atomic mass is 19.1. The molecule has 7 nitrogen and oxygen atoms in total. The molecule has 3 aromatic rings. The molecule has 0 aromatic heterocycles. The molecule has 0 aliphatic rings. The van der Waals surface area contributed by atoms with Crippen LogP contribution in [0.25, 0.3) is 0 Å². The number of carbonyl (C=O) groups excluding carboxylic acids is 2. The van der Waals surface area contributed by atoms with Gasteiger partial charge in [0.2, 0.25) is 0 Å². The monoisotopic (exact) mass is 394 g/mol. The number of hydrogen-bond donors (Lipinski definition) is 3. The van der Waals surface area contributed by atoms with Crippen molar-refractivity contribution in [2.75, 3.05) is 0 Å². The van der Waals surface area contributed by atoms with Crippen molar-refractivity contribution in [1.29, 1.82) is 0 Å². The molecule has 0 atom stereocenters. The number of carbonyl (C=O) groups is 2. The number of phenols is 2. The molecular weight excluding hydrogens is 379 g/mol. The second kappa shape index (κ2) is 8.66. The number of aromatic hydroxyl groups is 2.